The lowest BCUT2D eigenvalue weighted by atomic mass is 10.3. The fraction of sp³-hybridized carbons (Fsp3) is 0.625. The van der Waals surface area contributed by atoms with E-state index < -0.39 is 0 Å². The van der Waals surface area contributed by atoms with Crippen molar-refractivity contribution in [2.24, 2.45) is 5.73 Å². The summed E-state index contributed by atoms with van der Waals surface area (Å²) in [5, 5.41) is 4.23. The molecule has 0 aliphatic carbocycles. The molecule has 2 heterocycles. The van der Waals surface area contributed by atoms with Gasteiger partial charge in [-0.15, -0.1) is 0 Å². The van der Waals surface area contributed by atoms with E-state index in [0.717, 1.165) is 25.2 Å². The van der Waals surface area contributed by atoms with E-state index in [1.54, 1.807) is 0 Å². The highest BCUT2D eigenvalue weighted by Gasteiger charge is 2.17. The van der Waals surface area contributed by atoms with E-state index in [2.05, 4.69) is 5.10 Å². The molecule has 1 fully saturated rings. The highest BCUT2D eigenvalue weighted by molar-refractivity contribution is 5.03. The van der Waals surface area contributed by atoms with E-state index in [1.165, 1.54) is 0 Å². The molecule has 0 amide bonds. The Morgan fingerprint density at radius 2 is 2.67 bits per heavy atom. The quantitative estimate of drug-likeness (QED) is 0.689. The summed E-state index contributed by atoms with van der Waals surface area (Å²) in [6, 6.07) is 0.422. The molecule has 0 spiro atoms. The molecular formula is C8H13N3O. The van der Waals surface area contributed by atoms with Crippen molar-refractivity contribution in [3.8, 4) is 0 Å². The van der Waals surface area contributed by atoms with Crippen LogP contribution in [0.1, 0.15) is 18.0 Å². The van der Waals surface area contributed by atoms with E-state index >= 15 is 0 Å². The van der Waals surface area contributed by atoms with Crippen LogP contribution in [-0.2, 0) is 11.3 Å². The minimum absolute atomic E-state index is 0.422. The predicted molar refractivity (Wildman–Crippen MR) is 44.6 cm³/mol. The zero-order chi connectivity index (χ0) is 8.39. The van der Waals surface area contributed by atoms with Crippen LogP contribution in [0, 0.1) is 0 Å². The van der Waals surface area contributed by atoms with Crippen LogP contribution in [0.4, 0.5) is 0 Å². The molecule has 1 atom stereocenters. The third-order valence-electron chi connectivity index (χ3n) is 2.17. The number of hydrogen-bond donors (Lipinski definition) is 1. The van der Waals surface area contributed by atoms with Gasteiger partial charge in [0.15, 0.2) is 0 Å². The molecule has 2 N–H and O–H groups in total. The fourth-order valence-electron chi connectivity index (χ4n) is 1.41. The lowest BCUT2D eigenvalue weighted by molar-refractivity contribution is 0.184. The lowest BCUT2D eigenvalue weighted by Crippen LogP contribution is -2.08. The third-order valence-corrected chi connectivity index (χ3v) is 2.17. The predicted octanol–water partition coefficient (Wildman–Crippen LogP) is 0.303. The first-order valence-electron chi connectivity index (χ1n) is 4.21. The van der Waals surface area contributed by atoms with Gasteiger partial charge in [-0.2, -0.15) is 5.10 Å². The van der Waals surface area contributed by atoms with Gasteiger partial charge in [-0.1, -0.05) is 0 Å². The Labute approximate surface area is 71.3 Å². The molecule has 12 heavy (non-hydrogen) atoms. The first-order valence-corrected chi connectivity index (χ1v) is 4.21. The van der Waals surface area contributed by atoms with E-state index in [9.17, 15) is 0 Å². The van der Waals surface area contributed by atoms with Crippen molar-refractivity contribution >= 4 is 0 Å². The molecular weight excluding hydrogens is 154 g/mol. The Hall–Kier alpha value is -0.870. The van der Waals surface area contributed by atoms with Gasteiger partial charge in [0, 0.05) is 24.9 Å². The van der Waals surface area contributed by atoms with Gasteiger partial charge in [0.25, 0.3) is 0 Å². The third kappa shape index (κ3) is 1.35. The fourth-order valence-corrected chi connectivity index (χ4v) is 1.41. The monoisotopic (exact) mass is 167 g/mol. The van der Waals surface area contributed by atoms with Crippen LogP contribution in [-0.4, -0.2) is 23.0 Å². The van der Waals surface area contributed by atoms with Crippen LogP contribution >= 0.6 is 0 Å². The molecule has 0 bridgehead atoms. The second-order valence-corrected chi connectivity index (χ2v) is 3.05. The van der Waals surface area contributed by atoms with Crippen molar-refractivity contribution in [2.75, 3.05) is 13.2 Å². The minimum Gasteiger partial charge on any atom is -0.379 e. The van der Waals surface area contributed by atoms with E-state index in [-0.39, 0.29) is 0 Å². The smallest absolute Gasteiger partial charge is 0.0774 e. The maximum Gasteiger partial charge on any atom is 0.0774 e. The second kappa shape index (κ2) is 3.25. The van der Waals surface area contributed by atoms with Gasteiger partial charge in [0.1, 0.15) is 0 Å². The molecule has 1 aromatic heterocycles. The zero-order valence-electron chi connectivity index (χ0n) is 6.94. The van der Waals surface area contributed by atoms with Gasteiger partial charge in [0.05, 0.1) is 18.8 Å². The van der Waals surface area contributed by atoms with E-state index in [1.807, 2.05) is 17.1 Å². The highest BCUT2D eigenvalue weighted by atomic mass is 16.5. The maximum absolute atomic E-state index is 5.48. The summed E-state index contributed by atoms with van der Waals surface area (Å²) in [6.45, 7) is 2.20. The zero-order valence-corrected chi connectivity index (χ0v) is 6.94. The Balaban J connectivity index is 2.11. The highest BCUT2D eigenvalue weighted by Crippen LogP contribution is 2.17. The number of nitrogens with zero attached hydrogens (tertiary/aromatic N) is 2. The van der Waals surface area contributed by atoms with Crippen molar-refractivity contribution in [3.05, 3.63) is 18.0 Å². The summed E-state index contributed by atoms with van der Waals surface area (Å²) >= 11 is 0. The van der Waals surface area contributed by atoms with Crippen LogP contribution in [0.25, 0.3) is 0 Å². The summed E-state index contributed by atoms with van der Waals surface area (Å²) in [6.07, 6.45) is 4.88. The molecule has 0 saturated carbocycles. The van der Waals surface area contributed by atoms with Crippen molar-refractivity contribution < 1.29 is 4.74 Å². The number of ether oxygens (including phenoxy) is 1. The summed E-state index contributed by atoms with van der Waals surface area (Å²) in [4.78, 5) is 0. The molecule has 1 aromatic rings. The molecule has 0 unspecified atom stereocenters. The summed E-state index contributed by atoms with van der Waals surface area (Å²) in [7, 11) is 0. The molecule has 66 valence electrons. The van der Waals surface area contributed by atoms with Crippen molar-refractivity contribution in [3.63, 3.8) is 0 Å². The average molecular weight is 167 g/mol. The Bertz CT molecular complexity index is 253. The Morgan fingerprint density at radius 1 is 1.75 bits per heavy atom. The van der Waals surface area contributed by atoms with Crippen LogP contribution in [0.2, 0.25) is 0 Å². The van der Waals surface area contributed by atoms with Crippen LogP contribution in [0.5, 0.6) is 0 Å². The topological polar surface area (TPSA) is 53.1 Å². The van der Waals surface area contributed by atoms with Gasteiger partial charge >= 0.3 is 0 Å². The Morgan fingerprint density at radius 3 is 3.25 bits per heavy atom. The van der Waals surface area contributed by atoms with Crippen molar-refractivity contribution in [2.45, 2.75) is 19.0 Å². The summed E-state index contributed by atoms with van der Waals surface area (Å²) in [5.41, 5.74) is 6.56. The molecule has 4 nitrogen and oxygen atoms in total. The first-order chi connectivity index (χ1) is 5.90. The molecule has 1 saturated heterocycles. The molecule has 1 aliphatic heterocycles. The molecule has 1 aliphatic rings. The molecule has 2 rings (SSSR count). The van der Waals surface area contributed by atoms with Gasteiger partial charge in [-0.25, -0.2) is 0 Å². The normalized spacial score (nSPS) is 23.2. The van der Waals surface area contributed by atoms with Crippen molar-refractivity contribution in [1.29, 1.82) is 0 Å². The number of nitrogens with two attached hydrogens (primary N) is 1. The van der Waals surface area contributed by atoms with Gasteiger partial charge in [0.2, 0.25) is 0 Å². The largest absolute Gasteiger partial charge is 0.379 e. The van der Waals surface area contributed by atoms with E-state index in [0.29, 0.717) is 12.6 Å². The Kier molecular flexibility index (Phi) is 2.10. The van der Waals surface area contributed by atoms with Gasteiger partial charge in [-0.3, -0.25) is 4.68 Å². The van der Waals surface area contributed by atoms with Crippen LogP contribution < -0.4 is 5.73 Å². The summed E-state index contributed by atoms with van der Waals surface area (Å²) in [5.74, 6) is 0. The minimum atomic E-state index is 0.422. The second-order valence-electron chi connectivity index (χ2n) is 3.05. The van der Waals surface area contributed by atoms with Crippen molar-refractivity contribution in [1.82, 2.24) is 9.78 Å². The van der Waals surface area contributed by atoms with Crippen LogP contribution in [0.3, 0.4) is 0 Å². The maximum atomic E-state index is 5.48. The lowest BCUT2D eigenvalue weighted by Gasteiger charge is -2.06. The molecule has 4 heteroatoms. The van der Waals surface area contributed by atoms with Crippen LogP contribution in [0.15, 0.2) is 12.4 Å². The number of rotatable bonds is 2. The summed E-state index contributed by atoms with van der Waals surface area (Å²) < 4.78 is 7.22. The van der Waals surface area contributed by atoms with E-state index in [4.69, 9.17) is 10.5 Å². The number of hydrogen-bond acceptors (Lipinski definition) is 3. The number of aromatic nitrogens is 2. The first kappa shape index (κ1) is 7.76. The average Bonchev–Trinajstić information content (AvgIpc) is 2.75. The SMILES string of the molecule is NCc1cnn([C@H]2CCOC2)c1. The van der Waals surface area contributed by atoms with Gasteiger partial charge in [-0.05, 0) is 6.42 Å². The molecule has 0 radical (unpaired) electrons. The van der Waals surface area contributed by atoms with Gasteiger partial charge < -0.3 is 10.5 Å². The standard InChI is InChI=1S/C8H13N3O/c9-3-7-4-10-11(5-7)8-1-2-12-6-8/h4-5,8H,1-3,6,9H2/t8-/m0/s1. The molecule has 0 aromatic carbocycles.